The predicted molar refractivity (Wildman–Crippen MR) is 108 cm³/mol. The number of hydrogen-bond donors (Lipinski definition) is 1. The Morgan fingerprint density at radius 1 is 1.32 bits per heavy atom. The lowest BCUT2D eigenvalue weighted by molar-refractivity contribution is -0.151. The third-order valence-corrected chi connectivity index (χ3v) is 5.70. The molecular formula is C20H25N3O4S. The Balaban J connectivity index is 1.65. The topological polar surface area (TPSA) is 88.6 Å². The average Bonchev–Trinajstić information content (AvgIpc) is 3.09. The first kappa shape index (κ1) is 20.3. The van der Waals surface area contributed by atoms with Crippen LogP contribution in [0.2, 0.25) is 0 Å². The zero-order chi connectivity index (χ0) is 20.1. The minimum absolute atomic E-state index is 0.0115. The van der Waals surface area contributed by atoms with Gasteiger partial charge in [-0.3, -0.25) is 14.4 Å². The van der Waals surface area contributed by atoms with Crippen LogP contribution in [0, 0.1) is 5.92 Å². The highest BCUT2D eigenvalue weighted by Gasteiger charge is 2.29. The van der Waals surface area contributed by atoms with Crippen LogP contribution < -0.4 is 5.32 Å². The van der Waals surface area contributed by atoms with E-state index in [2.05, 4.69) is 10.3 Å². The molecule has 1 saturated heterocycles. The van der Waals surface area contributed by atoms with Crippen molar-refractivity contribution >= 4 is 44.5 Å². The predicted octanol–water partition coefficient (Wildman–Crippen LogP) is 2.99. The number of likely N-dealkylation sites (tertiary alicyclic amines) is 1. The van der Waals surface area contributed by atoms with E-state index < -0.39 is 0 Å². The third-order valence-electron chi connectivity index (χ3n) is 4.77. The highest BCUT2D eigenvalue weighted by Crippen LogP contribution is 2.27. The van der Waals surface area contributed by atoms with E-state index in [0.717, 1.165) is 28.6 Å². The Kier molecular flexibility index (Phi) is 6.61. The van der Waals surface area contributed by atoms with Gasteiger partial charge in [0.1, 0.15) is 0 Å². The second kappa shape index (κ2) is 9.14. The van der Waals surface area contributed by atoms with E-state index in [1.807, 2.05) is 18.2 Å². The van der Waals surface area contributed by atoms with Crippen LogP contribution >= 0.6 is 11.3 Å². The van der Waals surface area contributed by atoms with E-state index in [1.54, 1.807) is 18.7 Å². The number of aromatic nitrogens is 1. The minimum atomic E-state index is -0.230. The van der Waals surface area contributed by atoms with E-state index in [9.17, 15) is 14.4 Å². The second-order valence-corrected chi connectivity index (χ2v) is 7.86. The summed E-state index contributed by atoms with van der Waals surface area (Å²) < 4.78 is 6.03. The van der Waals surface area contributed by atoms with Gasteiger partial charge in [-0.2, -0.15) is 0 Å². The number of amides is 2. The molecule has 0 aliphatic carbocycles. The number of nitrogens with one attached hydrogen (secondary N) is 1. The molecule has 3 rings (SSSR count). The molecule has 28 heavy (non-hydrogen) atoms. The lowest BCUT2D eigenvalue weighted by atomic mass is 9.97. The number of benzene rings is 1. The maximum absolute atomic E-state index is 12.7. The van der Waals surface area contributed by atoms with Crippen LogP contribution in [0.4, 0.5) is 5.13 Å². The zero-order valence-corrected chi connectivity index (χ0v) is 17.0. The van der Waals surface area contributed by atoms with Crippen LogP contribution in [0.3, 0.4) is 0 Å². The Labute approximate surface area is 168 Å². The molecule has 1 aliphatic rings. The van der Waals surface area contributed by atoms with Gasteiger partial charge in [-0.05, 0) is 37.5 Å². The third kappa shape index (κ3) is 4.86. The molecule has 1 N–H and O–H groups in total. The number of thiazole rings is 1. The minimum Gasteiger partial charge on any atom is -0.466 e. The van der Waals surface area contributed by atoms with Crippen molar-refractivity contribution in [1.82, 2.24) is 9.88 Å². The largest absolute Gasteiger partial charge is 0.466 e. The summed E-state index contributed by atoms with van der Waals surface area (Å²) >= 11 is 1.40. The van der Waals surface area contributed by atoms with Crippen molar-refractivity contribution in [2.45, 2.75) is 39.5 Å². The highest BCUT2D eigenvalue weighted by molar-refractivity contribution is 7.22. The normalized spacial score (nSPS) is 16.8. The molecule has 0 spiro atoms. The number of piperidine rings is 1. The Hall–Kier alpha value is -2.48. The summed E-state index contributed by atoms with van der Waals surface area (Å²) in [6.45, 7) is 5.04. The Morgan fingerprint density at radius 2 is 2.14 bits per heavy atom. The van der Waals surface area contributed by atoms with Gasteiger partial charge >= 0.3 is 5.97 Å². The van der Waals surface area contributed by atoms with Crippen molar-refractivity contribution in [3.8, 4) is 0 Å². The van der Waals surface area contributed by atoms with Crippen molar-refractivity contribution in [2.75, 3.05) is 25.0 Å². The average molecular weight is 404 g/mol. The van der Waals surface area contributed by atoms with Crippen molar-refractivity contribution < 1.29 is 19.1 Å². The van der Waals surface area contributed by atoms with Gasteiger partial charge in [0.05, 0.1) is 29.2 Å². The highest BCUT2D eigenvalue weighted by atomic mass is 32.1. The summed E-state index contributed by atoms with van der Waals surface area (Å²) in [4.78, 5) is 42.4. The summed E-state index contributed by atoms with van der Waals surface area (Å²) in [7, 11) is 0. The van der Waals surface area contributed by atoms with E-state index in [0.29, 0.717) is 31.2 Å². The number of nitrogens with zero attached hydrogens (tertiary/aromatic N) is 2. The summed E-state index contributed by atoms with van der Waals surface area (Å²) in [6.07, 6.45) is 2.25. The maximum Gasteiger partial charge on any atom is 0.310 e. The van der Waals surface area contributed by atoms with E-state index >= 15 is 0 Å². The van der Waals surface area contributed by atoms with Crippen LogP contribution in [0.15, 0.2) is 18.2 Å². The van der Waals surface area contributed by atoms with E-state index in [1.165, 1.54) is 11.3 Å². The van der Waals surface area contributed by atoms with Crippen molar-refractivity contribution in [3.05, 3.63) is 23.8 Å². The van der Waals surface area contributed by atoms with E-state index in [4.69, 9.17) is 4.74 Å². The van der Waals surface area contributed by atoms with Gasteiger partial charge in [-0.25, -0.2) is 4.98 Å². The number of hydrogen-bond acceptors (Lipinski definition) is 6. The first-order chi connectivity index (χ1) is 13.5. The molecule has 0 unspecified atom stereocenters. The van der Waals surface area contributed by atoms with Crippen molar-refractivity contribution in [2.24, 2.45) is 5.92 Å². The molecule has 0 saturated carbocycles. The molecule has 1 aromatic heterocycles. The monoisotopic (exact) mass is 403 g/mol. The SMILES string of the molecule is CCOC(=O)[C@H]1CCCN(C(=O)Cc2ccc3nc(NC(=O)CC)sc3c2)C1. The number of rotatable bonds is 6. The number of fused-ring (bicyclic) bond motifs is 1. The molecule has 8 heteroatoms. The van der Waals surface area contributed by atoms with Gasteiger partial charge < -0.3 is 15.0 Å². The Bertz CT molecular complexity index is 879. The molecule has 1 fully saturated rings. The number of anilines is 1. The molecule has 1 aromatic carbocycles. The lowest BCUT2D eigenvalue weighted by Gasteiger charge is -2.31. The fourth-order valence-electron chi connectivity index (χ4n) is 3.28. The summed E-state index contributed by atoms with van der Waals surface area (Å²) in [5.41, 5.74) is 1.70. The molecule has 2 amide bonds. The van der Waals surface area contributed by atoms with Crippen LogP contribution in [-0.4, -0.2) is 47.4 Å². The van der Waals surface area contributed by atoms with Crippen LogP contribution in [0.1, 0.15) is 38.7 Å². The van der Waals surface area contributed by atoms with Crippen molar-refractivity contribution in [3.63, 3.8) is 0 Å². The fraction of sp³-hybridized carbons (Fsp3) is 0.500. The maximum atomic E-state index is 12.7. The molecule has 1 atom stereocenters. The number of carbonyl (C=O) groups is 3. The quantitative estimate of drug-likeness (QED) is 0.749. The van der Waals surface area contributed by atoms with Gasteiger partial charge in [0.25, 0.3) is 0 Å². The van der Waals surface area contributed by atoms with Gasteiger partial charge in [0, 0.05) is 19.5 Å². The van der Waals surface area contributed by atoms with Crippen LogP contribution in [0.25, 0.3) is 10.2 Å². The van der Waals surface area contributed by atoms with Crippen LogP contribution in [-0.2, 0) is 25.5 Å². The molecule has 0 radical (unpaired) electrons. The first-order valence-corrected chi connectivity index (χ1v) is 10.5. The zero-order valence-electron chi connectivity index (χ0n) is 16.2. The van der Waals surface area contributed by atoms with E-state index in [-0.39, 0.29) is 30.1 Å². The molecule has 150 valence electrons. The standard InChI is InChI=1S/C20H25N3O4S/c1-3-17(24)22-20-21-15-8-7-13(10-16(15)28-20)11-18(25)23-9-5-6-14(12-23)19(26)27-4-2/h7-8,10,14H,3-6,9,11-12H2,1-2H3,(H,21,22,24)/t14-/m0/s1. The molecule has 2 heterocycles. The van der Waals surface area contributed by atoms with Crippen LogP contribution in [0.5, 0.6) is 0 Å². The van der Waals surface area contributed by atoms with Crippen molar-refractivity contribution in [1.29, 1.82) is 0 Å². The van der Waals surface area contributed by atoms with Gasteiger partial charge in [-0.1, -0.05) is 24.3 Å². The lowest BCUT2D eigenvalue weighted by Crippen LogP contribution is -2.43. The summed E-state index contributed by atoms with van der Waals surface area (Å²) in [5.74, 6) is -0.507. The summed E-state index contributed by atoms with van der Waals surface area (Å²) in [6, 6.07) is 5.70. The second-order valence-electron chi connectivity index (χ2n) is 6.83. The summed E-state index contributed by atoms with van der Waals surface area (Å²) in [5, 5.41) is 3.34. The molecular weight excluding hydrogens is 378 g/mol. The molecule has 0 bridgehead atoms. The number of carbonyl (C=O) groups excluding carboxylic acids is 3. The fourth-order valence-corrected chi connectivity index (χ4v) is 4.23. The molecule has 2 aromatic rings. The number of esters is 1. The molecule has 7 nitrogen and oxygen atoms in total. The number of ether oxygens (including phenoxy) is 1. The Morgan fingerprint density at radius 3 is 2.89 bits per heavy atom. The van der Waals surface area contributed by atoms with Gasteiger partial charge in [0.2, 0.25) is 11.8 Å². The van der Waals surface area contributed by atoms with Gasteiger partial charge in [-0.15, -0.1) is 0 Å². The van der Waals surface area contributed by atoms with Gasteiger partial charge in [0.15, 0.2) is 5.13 Å². The first-order valence-electron chi connectivity index (χ1n) is 9.63. The molecule has 1 aliphatic heterocycles. The smallest absolute Gasteiger partial charge is 0.310 e.